The van der Waals surface area contributed by atoms with Gasteiger partial charge in [-0.05, 0) is 31.0 Å². The smallest absolute Gasteiger partial charge is 0.335 e. The lowest BCUT2D eigenvalue weighted by Crippen LogP contribution is -2.10. The van der Waals surface area contributed by atoms with Crippen LogP contribution < -0.4 is 5.32 Å². The van der Waals surface area contributed by atoms with E-state index in [0.29, 0.717) is 5.56 Å². The van der Waals surface area contributed by atoms with E-state index in [0.717, 1.165) is 31.0 Å². The van der Waals surface area contributed by atoms with Crippen molar-refractivity contribution in [2.45, 2.75) is 19.9 Å². The van der Waals surface area contributed by atoms with Gasteiger partial charge in [-0.1, -0.05) is 12.1 Å². The van der Waals surface area contributed by atoms with Crippen LogP contribution in [-0.2, 0) is 13.0 Å². The Morgan fingerprint density at radius 2 is 2.11 bits per heavy atom. The summed E-state index contributed by atoms with van der Waals surface area (Å²) in [5.41, 5.74) is 1.42. The second-order valence-electron chi connectivity index (χ2n) is 4.22. The lowest BCUT2D eigenvalue weighted by atomic mass is 10.1. The molecular weight excluding hydrogens is 242 g/mol. The normalized spacial score (nSPS) is 10.4. The fraction of sp³-hybridized carbons (Fsp3) is 0.286. The Kier molecular flexibility index (Phi) is 4.18. The van der Waals surface area contributed by atoms with Crippen molar-refractivity contribution in [2.24, 2.45) is 0 Å². The predicted octanol–water partition coefficient (Wildman–Crippen LogP) is 2.26. The summed E-state index contributed by atoms with van der Waals surface area (Å²) in [7, 11) is 0. The molecule has 2 N–H and O–H groups in total. The molecule has 0 atom stereocenters. The minimum Gasteiger partial charge on any atom is -0.478 e. The van der Waals surface area contributed by atoms with Gasteiger partial charge in [0.05, 0.1) is 5.56 Å². The minimum atomic E-state index is -0.894. The number of nitrogens with zero attached hydrogens (tertiary/aromatic N) is 2. The summed E-state index contributed by atoms with van der Waals surface area (Å²) < 4.78 is 2.04. The van der Waals surface area contributed by atoms with Crippen LogP contribution in [0.15, 0.2) is 36.7 Å². The number of benzene rings is 1. The summed E-state index contributed by atoms with van der Waals surface area (Å²) in [5, 5.41) is 12.1. The number of hydrogen-bond acceptors (Lipinski definition) is 3. The molecule has 0 aliphatic heterocycles. The summed E-state index contributed by atoms with van der Waals surface area (Å²) in [6.45, 7) is 3.72. The molecule has 1 heterocycles. The number of hydrogen-bond donors (Lipinski definition) is 2. The number of anilines is 1. The molecule has 0 fully saturated rings. The zero-order valence-electron chi connectivity index (χ0n) is 10.8. The highest BCUT2D eigenvalue weighted by Gasteiger charge is 2.02. The van der Waals surface area contributed by atoms with Gasteiger partial charge in [0.15, 0.2) is 0 Å². The molecule has 0 radical (unpaired) electrons. The molecule has 1 aromatic heterocycles. The average Bonchev–Trinajstić information content (AvgIpc) is 2.87. The fourth-order valence-electron chi connectivity index (χ4n) is 1.86. The van der Waals surface area contributed by atoms with Crippen molar-refractivity contribution in [3.05, 3.63) is 47.8 Å². The van der Waals surface area contributed by atoms with Gasteiger partial charge in [-0.2, -0.15) is 0 Å². The number of rotatable bonds is 6. The molecule has 2 aromatic rings. The van der Waals surface area contributed by atoms with E-state index in [-0.39, 0.29) is 0 Å². The summed E-state index contributed by atoms with van der Waals surface area (Å²) in [5.74, 6) is -0.0284. The molecule has 0 amide bonds. The highest BCUT2D eigenvalue weighted by molar-refractivity contribution is 5.87. The van der Waals surface area contributed by atoms with Crippen molar-refractivity contribution >= 4 is 11.9 Å². The summed E-state index contributed by atoms with van der Waals surface area (Å²) in [6, 6.07) is 6.95. The second kappa shape index (κ2) is 6.04. The maximum absolute atomic E-state index is 10.7. The number of nitrogens with one attached hydrogen (secondary N) is 1. The lowest BCUT2D eigenvalue weighted by Gasteiger charge is -2.07. The molecule has 1 aromatic carbocycles. The van der Waals surface area contributed by atoms with Crippen molar-refractivity contribution in [1.29, 1.82) is 0 Å². The average molecular weight is 259 g/mol. The SMILES string of the molecule is CCn1ccnc1NCCc1ccc(C(=O)O)cc1. The lowest BCUT2D eigenvalue weighted by molar-refractivity contribution is 0.0697. The predicted molar refractivity (Wildman–Crippen MR) is 73.5 cm³/mol. The van der Waals surface area contributed by atoms with Gasteiger partial charge in [0.2, 0.25) is 5.95 Å². The summed E-state index contributed by atoms with van der Waals surface area (Å²) in [4.78, 5) is 15.0. The highest BCUT2D eigenvalue weighted by Crippen LogP contribution is 2.07. The van der Waals surface area contributed by atoms with E-state index in [1.165, 1.54) is 0 Å². The van der Waals surface area contributed by atoms with Gasteiger partial charge in [-0.15, -0.1) is 0 Å². The van der Waals surface area contributed by atoms with Crippen LogP contribution in [0, 0.1) is 0 Å². The fourth-order valence-corrected chi connectivity index (χ4v) is 1.86. The third-order valence-corrected chi connectivity index (χ3v) is 2.95. The van der Waals surface area contributed by atoms with E-state index in [1.54, 1.807) is 18.3 Å². The first-order valence-corrected chi connectivity index (χ1v) is 6.28. The zero-order valence-corrected chi connectivity index (χ0v) is 10.8. The first-order valence-electron chi connectivity index (χ1n) is 6.28. The molecule has 0 aliphatic rings. The van der Waals surface area contributed by atoms with E-state index in [2.05, 4.69) is 17.2 Å². The quantitative estimate of drug-likeness (QED) is 0.835. The second-order valence-corrected chi connectivity index (χ2v) is 4.22. The van der Waals surface area contributed by atoms with Gasteiger partial charge in [0.1, 0.15) is 0 Å². The zero-order chi connectivity index (χ0) is 13.7. The third kappa shape index (κ3) is 3.34. The van der Waals surface area contributed by atoms with Crippen molar-refractivity contribution in [2.75, 3.05) is 11.9 Å². The molecule has 2 rings (SSSR count). The van der Waals surface area contributed by atoms with Gasteiger partial charge in [-0.25, -0.2) is 9.78 Å². The number of imidazole rings is 1. The number of carboxylic acid groups (broad SMARTS) is 1. The van der Waals surface area contributed by atoms with Gasteiger partial charge in [0, 0.05) is 25.5 Å². The molecule has 19 heavy (non-hydrogen) atoms. The van der Waals surface area contributed by atoms with Crippen LogP contribution in [0.1, 0.15) is 22.8 Å². The van der Waals surface area contributed by atoms with Crippen molar-refractivity contribution in [3.8, 4) is 0 Å². The topological polar surface area (TPSA) is 67.2 Å². The highest BCUT2D eigenvalue weighted by atomic mass is 16.4. The van der Waals surface area contributed by atoms with Crippen LogP contribution >= 0.6 is 0 Å². The van der Waals surface area contributed by atoms with Crippen molar-refractivity contribution < 1.29 is 9.90 Å². The van der Waals surface area contributed by atoms with E-state index < -0.39 is 5.97 Å². The Balaban J connectivity index is 1.87. The standard InChI is InChI=1S/C14H17N3O2/c1-2-17-10-9-16-14(17)15-8-7-11-3-5-12(6-4-11)13(18)19/h3-6,9-10H,2,7-8H2,1H3,(H,15,16)(H,18,19). The van der Waals surface area contributed by atoms with Crippen molar-refractivity contribution in [1.82, 2.24) is 9.55 Å². The van der Waals surface area contributed by atoms with Crippen LogP contribution in [0.2, 0.25) is 0 Å². The Morgan fingerprint density at radius 3 is 2.74 bits per heavy atom. The van der Waals surface area contributed by atoms with Crippen LogP contribution in [0.25, 0.3) is 0 Å². The number of aromatic nitrogens is 2. The van der Waals surface area contributed by atoms with E-state index in [1.807, 2.05) is 22.9 Å². The van der Waals surface area contributed by atoms with Gasteiger partial charge in [0.25, 0.3) is 0 Å². The molecular formula is C14H17N3O2. The summed E-state index contributed by atoms with van der Waals surface area (Å²) >= 11 is 0. The molecule has 0 saturated carbocycles. The molecule has 100 valence electrons. The van der Waals surface area contributed by atoms with Crippen LogP contribution in [-0.4, -0.2) is 27.2 Å². The van der Waals surface area contributed by atoms with Crippen LogP contribution in [0.4, 0.5) is 5.95 Å². The Bertz CT molecular complexity index is 546. The molecule has 0 saturated heterocycles. The first-order chi connectivity index (χ1) is 9.20. The van der Waals surface area contributed by atoms with Gasteiger partial charge >= 0.3 is 5.97 Å². The van der Waals surface area contributed by atoms with Crippen LogP contribution in [0.3, 0.4) is 0 Å². The van der Waals surface area contributed by atoms with Crippen LogP contribution in [0.5, 0.6) is 0 Å². The maximum atomic E-state index is 10.7. The van der Waals surface area contributed by atoms with Gasteiger partial charge < -0.3 is 15.0 Å². The molecule has 5 heteroatoms. The van der Waals surface area contributed by atoms with E-state index in [9.17, 15) is 4.79 Å². The number of aromatic carboxylic acids is 1. The third-order valence-electron chi connectivity index (χ3n) is 2.95. The van der Waals surface area contributed by atoms with E-state index >= 15 is 0 Å². The van der Waals surface area contributed by atoms with Gasteiger partial charge in [-0.3, -0.25) is 0 Å². The Labute approximate surface area is 111 Å². The molecule has 0 unspecified atom stereocenters. The molecule has 0 aliphatic carbocycles. The first kappa shape index (κ1) is 13.1. The number of carboxylic acids is 1. The molecule has 0 bridgehead atoms. The van der Waals surface area contributed by atoms with E-state index in [4.69, 9.17) is 5.11 Å². The number of aryl methyl sites for hydroxylation is 1. The number of carbonyl (C=O) groups is 1. The monoisotopic (exact) mass is 259 g/mol. The summed E-state index contributed by atoms with van der Waals surface area (Å²) in [6.07, 6.45) is 4.54. The maximum Gasteiger partial charge on any atom is 0.335 e. The Morgan fingerprint density at radius 1 is 1.37 bits per heavy atom. The largest absolute Gasteiger partial charge is 0.478 e. The van der Waals surface area contributed by atoms with Crippen molar-refractivity contribution in [3.63, 3.8) is 0 Å². The molecule has 5 nitrogen and oxygen atoms in total. The molecule has 0 spiro atoms. The minimum absolute atomic E-state index is 0.318. The Hall–Kier alpha value is -2.30.